The summed E-state index contributed by atoms with van der Waals surface area (Å²) in [5, 5.41) is 7.72. The van der Waals surface area contributed by atoms with Crippen molar-refractivity contribution in [2.24, 2.45) is 0 Å². The quantitative estimate of drug-likeness (QED) is 0.808. The van der Waals surface area contributed by atoms with E-state index in [1.54, 1.807) is 13.3 Å². The van der Waals surface area contributed by atoms with Gasteiger partial charge in [-0.1, -0.05) is 13.3 Å². The largest absolute Gasteiger partial charge is 0.493 e. The maximum Gasteiger partial charge on any atom is 0.161 e. The van der Waals surface area contributed by atoms with E-state index in [4.69, 9.17) is 4.74 Å². The molecule has 0 aliphatic carbocycles. The highest BCUT2D eigenvalue weighted by molar-refractivity contribution is 5.28. The lowest BCUT2D eigenvalue weighted by Crippen LogP contribution is -2.21. The van der Waals surface area contributed by atoms with Crippen LogP contribution in [0.5, 0.6) is 5.75 Å². The van der Waals surface area contributed by atoms with Crippen LogP contribution in [-0.2, 0) is 0 Å². The van der Waals surface area contributed by atoms with Crippen LogP contribution < -0.4 is 10.1 Å². The van der Waals surface area contributed by atoms with Crippen molar-refractivity contribution in [2.75, 3.05) is 14.2 Å². The van der Waals surface area contributed by atoms with E-state index in [2.05, 4.69) is 31.2 Å². The molecule has 0 bridgehead atoms. The molecule has 0 aliphatic rings. The van der Waals surface area contributed by atoms with Crippen molar-refractivity contribution >= 4 is 0 Å². The summed E-state index contributed by atoms with van der Waals surface area (Å²) in [5.41, 5.74) is 1.15. The topological polar surface area (TPSA) is 39.1 Å². The average Bonchev–Trinajstić information content (AvgIpc) is 2.69. The number of nitrogens with one attached hydrogen (secondary N) is 1. The molecule has 0 saturated heterocycles. The first-order chi connectivity index (χ1) is 7.65. The number of aromatic nitrogens is 2. The molecule has 0 fully saturated rings. The monoisotopic (exact) mass is 225 g/mol. The summed E-state index contributed by atoms with van der Waals surface area (Å²) in [6.07, 6.45) is 4.03. The second-order valence-corrected chi connectivity index (χ2v) is 4.27. The minimum Gasteiger partial charge on any atom is -0.493 e. The molecule has 16 heavy (non-hydrogen) atoms. The highest BCUT2D eigenvalue weighted by Gasteiger charge is 2.21. The summed E-state index contributed by atoms with van der Waals surface area (Å²) in [6.45, 7) is 6.45. The van der Waals surface area contributed by atoms with E-state index in [1.807, 2.05) is 11.7 Å². The highest BCUT2D eigenvalue weighted by Crippen LogP contribution is 2.29. The normalized spacial score (nSPS) is 13.1. The molecule has 1 unspecified atom stereocenters. The van der Waals surface area contributed by atoms with Gasteiger partial charge in [0, 0.05) is 6.04 Å². The Balaban J connectivity index is 3.09. The fourth-order valence-electron chi connectivity index (χ4n) is 1.96. The Morgan fingerprint density at radius 1 is 1.50 bits per heavy atom. The van der Waals surface area contributed by atoms with Gasteiger partial charge < -0.3 is 10.1 Å². The van der Waals surface area contributed by atoms with Crippen molar-refractivity contribution < 1.29 is 4.74 Å². The zero-order valence-electron chi connectivity index (χ0n) is 10.9. The smallest absolute Gasteiger partial charge is 0.161 e. The maximum absolute atomic E-state index is 5.38. The minimum absolute atomic E-state index is 0.310. The van der Waals surface area contributed by atoms with E-state index >= 15 is 0 Å². The summed E-state index contributed by atoms with van der Waals surface area (Å²) in [4.78, 5) is 0. The first-order valence-electron chi connectivity index (χ1n) is 5.94. The number of rotatable bonds is 6. The summed E-state index contributed by atoms with van der Waals surface area (Å²) in [6, 6.07) is 0.663. The van der Waals surface area contributed by atoms with Crippen molar-refractivity contribution in [3.05, 3.63) is 11.9 Å². The molecule has 92 valence electrons. The summed E-state index contributed by atoms with van der Waals surface area (Å²) < 4.78 is 7.42. The van der Waals surface area contributed by atoms with Gasteiger partial charge in [0.25, 0.3) is 0 Å². The predicted octanol–water partition coefficient (Wildman–Crippen LogP) is 2.53. The van der Waals surface area contributed by atoms with E-state index in [1.165, 1.54) is 0 Å². The average molecular weight is 225 g/mol. The molecule has 0 spiro atoms. The van der Waals surface area contributed by atoms with E-state index in [0.29, 0.717) is 12.1 Å². The van der Waals surface area contributed by atoms with E-state index < -0.39 is 0 Å². The van der Waals surface area contributed by atoms with Crippen LogP contribution >= 0.6 is 0 Å². The Morgan fingerprint density at radius 3 is 2.62 bits per heavy atom. The van der Waals surface area contributed by atoms with Gasteiger partial charge in [0.1, 0.15) is 0 Å². The van der Waals surface area contributed by atoms with E-state index in [9.17, 15) is 0 Å². The van der Waals surface area contributed by atoms with Gasteiger partial charge in [0.15, 0.2) is 5.75 Å². The summed E-state index contributed by atoms with van der Waals surface area (Å²) in [5.74, 6) is 0.876. The second-order valence-electron chi connectivity index (χ2n) is 4.27. The van der Waals surface area contributed by atoms with Gasteiger partial charge in [0.05, 0.1) is 25.0 Å². The van der Waals surface area contributed by atoms with Crippen LogP contribution in [-0.4, -0.2) is 23.9 Å². The fourth-order valence-corrected chi connectivity index (χ4v) is 1.96. The number of hydrogen-bond donors (Lipinski definition) is 1. The standard InChI is InChI=1S/C12H23N3O/c1-6-7-10(13-4)12-11(16-5)8-14-15(12)9(2)3/h8-10,13H,6-7H2,1-5H3. The van der Waals surface area contributed by atoms with Crippen LogP contribution in [0.3, 0.4) is 0 Å². The molecule has 0 saturated carbocycles. The van der Waals surface area contributed by atoms with Gasteiger partial charge in [0.2, 0.25) is 0 Å². The molecule has 4 nitrogen and oxygen atoms in total. The molecule has 1 aromatic rings. The summed E-state index contributed by atoms with van der Waals surface area (Å²) >= 11 is 0. The summed E-state index contributed by atoms with van der Waals surface area (Å²) in [7, 11) is 3.68. The van der Waals surface area contributed by atoms with Crippen molar-refractivity contribution in [3.63, 3.8) is 0 Å². The number of ether oxygens (including phenoxy) is 1. The van der Waals surface area contributed by atoms with Gasteiger partial charge in [-0.05, 0) is 27.3 Å². The Labute approximate surface area is 98.0 Å². The molecule has 0 aromatic carbocycles. The molecule has 0 aliphatic heterocycles. The lowest BCUT2D eigenvalue weighted by atomic mass is 10.1. The van der Waals surface area contributed by atoms with Crippen LogP contribution in [0.4, 0.5) is 0 Å². The van der Waals surface area contributed by atoms with E-state index in [-0.39, 0.29) is 0 Å². The van der Waals surface area contributed by atoms with Crippen molar-refractivity contribution in [1.82, 2.24) is 15.1 Å². The predicted molar refractivity (Wildman–Crippen MR) is 65.9 cm³/mol. The van der Waals surface area contributed by atoms with Crippen LogP contribution in [0.2, 0.25) is 0 Å². The van der Waals surface area contributed by atoms with Crippen molar-refractivity contribution in [1.29, 1.82) is 0 Å². The second kappa shape index (κ2) is 5.89. The maximum atomic E-state index is 5.38. The number of hydrogen-bond acceptors (Lipinski definition) is 3. The molecule has 1 rings (SSSR count). The molecular formula is C12H23N3O. The van der Waals surface area contributed by atoms with Gasteiger partial charge >= 0.3 is 0 Å². The van der Waals surface area contributed by atoms with Crippen molar-refractivity contribution in [2.45, 2.75) is 45.7 Å². The first-order valence-corrected chi connectivity index (χ1v) is 5.94. The number of nitrogens with zero attached hydrogens (tertiary/aromatic N) is 2. The van der Waals surface area contributed by atoms with Crippen LogP contribution in [0.15, 0.2) is 6.20 Å². The molecule has 1 atom stereocenters. The van der Waals surface area contributed by atoms with Gasteiger partial charge in [-0.15, -0.1) is 0 Å². The molecule has 4 heteroatoms. The van der Waals surface area contributed by atoms with Gasteiger partial charge in [-0.3, -0.25) is 4.68 Å². The zero-order chi connectivity index (χ0) is 12.1. The highest BCUT2D eigenvalue weighted by atomic mass is 16.5. The number of methoxy groups -OCH3 is 1. The van der Waals surface area contributed by atoms with Gasteiger partial charge in [-0.25, -0.2) is 0 Å². The lowest BCUT2D eigenvalue weighted by Gasteiger charge is -2.20. The lowest BCUT2D eigenvalue weighted by molar-refractivity contribution is 0.382. The molecule has 0 amide bonds. The van der Waals surface area contributed by atoms with Gasteiger partial charge in [-0.2, -0.15) is 5.10 Å². The molecular weight excluding hydrogens is 202 g/mol. The third-order valence-electron chi connectivity index (χ3n) is 2.76. The SMILES string of the molecule is CCCC(NC)c1c(OC)cnn1C(C)C. The van der Waals surface area contributed by atoms with Crippen LogP contribution in [0.25, 0.3) is 0 Å². The third-order valence-corrected chi connectivity index (χ3v) is 2.76. The first kappa shape index (κ1) is 13.0. The Morgan fingerprint density at radius 2 is 2.19 bits per heavy atom. The molecule has 1 aromatic heterocycles. The van der Waals surface area contributed by atoms with Crippen LogP contribution in [0, 0.1) is 0 Å². The third kappa shape index (κ3) is 2.55. The molecule has 1 heterocycles. The van der Waals surface area contributed by atoms with E-state index in [0.717, 1.165) is 24.3 Å². The Bertz CT molecular complexity index is 320. The Kier molecular flexibility index (Phi) is 4.80. The molecule has 0 radical (unpaired) electrons. The zero-order valence-corrected chi connectivity index (χ0v) is 10.9. The van der Waals surface area contributed by atoms with Crippen LogP contribution in [0.1, 0.15) is 51.4 Å². The fraction of sp³-hybridized carbons (Fsp3) is 0.750. The van der Waals surface area contributed by atoms with Crippen molar-refractivity contribution in [3.8, 4) is 5.75 Å². The Hall–Kier alpha value is -1.03. The minimum atomic E-state index is 0.310. The molecule has 1 N–H and O–H groups in total.